The molecule has 1 heterocycles. The summed E-state index contributed by atoms with van der Waals surface area (Å²) in [5.74, 6) is 1.45. The number of hydrogen-bond acceptors (Lipinski definition) is 3. The van der Waals surface area contributed by atoms with Gasteiger partial charge in [0.05, 0.1) is 5.41 Å². The number of ether oxygens (including phenoxy) is 2. The van der Waals surface area contributed by atoms with Gasteiger partial charge in [-0.05, 0) is 43.5 Å². The second-order valence-electron chi connectivity index (χ2n) is 5.77. The predicted molar refractivity (Wildman–Crippen MR) is 80.9 cm³/mol. The first-order valence-corrected chi connectivity index (χ1v) is 7.03. The first-order valence-electron chi connectivity index (χ1n) is 7.03. The molecule has 1 unspecified atom stereocenters. The van der Waals surface area contributed by atoms with Crippen molar-refractivity contribution in [1.82, 2.24) is 0 Å². The Hall–Kier alpha value is -2.29. The lowest BCUT2D eigenvalue weighted by Gasteiger charge is -2.24. The molecule has 0 fully saturated rings. The van der Waals surface area contributed by atoms with Gasteiger partial charge in [0, 0.05) is 0 Å². The van der Waals surface area contributed by atoms with Gasteiger partial charge in [-0.3, -0.25) is 0 Å². The fourth-order valence-electron chi connectivity index (χ4n) is 2.71. The van der Waals surface area contributed by atoms with Crippen molar-refractivity contribution in [2.45, 2.75) is 25.7 Å². The largest absolute Gasteiger partial charge is 0.454 e. The van der Waals surface area contributed by atoms with Crippen LogP contribution in [-0.4, -0.2) is 13.1 Å². The molecule has 0 amide bonds. The highest BCUT2D eigenvalue weighted by Crippen LogP contribution is 2.37. The summed E-state index contributed by atoms with van der Waals surface area (Å²) in [6, 6.07) is 14.0. The molecule has 1 aliphatic rings. The minimum atomic E-state index is -0.575. The van der Waals surface area contributed by atoms with Crippen LogP contribution in [0.25, 0.3) is 0 Å². The average molecular weight is 282 g/mol. The summed E-state index contributed by atoms with van der Waals surface area (Å²) in [5, 5.41) is 0. The topological polar surface area (TPSA) is 35.5 Å². The third-order valence-corrected chi connectivity index (χ3v) is 3.95. The summed E-state index contributed by atoms with van der Waals surface area (Å²) in [4.78, 5) is 11.7. The highest BCUT2D eigenvalue weighted by molar-refractivity contribution is 5.70. The maximum Gasteiger partial charge on any atom is 0.231 e. The van der Waals surface area contributed by atoms with Crippen molar-refractivity contribution >= 4 is 6.29 Å². The van der Waals surface area contributed by atoms with Gasteiger partial charge in [0.25, 0.3) is 0 Å². The van der Waals surface area contributed by atoms with Gasteiger partial charge in [0.1, 0.15) is 6.29 Å². The van der Waals surface area contributed by atoms with Crippen molar-refractivity contribution in [3.05, 3.63) is 59.2 Å². The second-order valence-corrected chi connectivity index (χ2v) is 5.77. The van der Waals surface area contributed by atoms with Crippen molar-refractivity contribution < 1.29 is 14.3 Å². The summed E-state index contributed by atoms with van der Waals surface area (Å²) in [7, 11) is 0. The third kappa shape index (κ3) is 2.64. The Morgan fingerprint density at radius 3 is 2.71 bits per heavy atom. The van der Waals surface area contributed by atoms with Gasteiger partial charge in [-0.25, -0.2) is 0 Å². The van der Waals surface area contributed by atoms with E-state index in [9.17, 15) is 4.79 Å². The van der Waals surface area contributed by atoms with E-state index in [1.807, 2.05) is 31.2 Å². The maximum atomic E-state index is 11.7. The Bertz CT molecular complexity index is 678. The van der Waals surface area contributed by atoms with E-state index in [1.54, 1.807) is 0 Å². The molecule has 0 aromatic heterocycles. The highest BCUT2D eigenvalue weighted by atomic mass is 16.7. The minimum absolute atomic E-state index is 0.245. The smallest absolute Gasteiger partial charge is 0.231 e. The van der Waals surface area contributed by atoms with E-state index < -0.39 is 5.41 Å². The van der Waals surface area contributed by atoms with Crippen LogP contribution in [0.1, 0.15) is 23.6 Å². The molecule has 2 aromatic carbocycles. The summed E-state index contributed by atoms with van der Waals surface area (Å²) < 4.78 is 10.7. The molecule has 0 N–H and O–H groups in total. The Morgan fingerprint density at radius 2 is 1.95 bits per heavy atom. The number of carbonyl (C=O) groups excluding carboxylic acids is 1. The molecule has 0 aliphatic carbocycles. The number of aldehydes is 1. The van der Waals surface area contributed by atoms with Crippen LogP contribution in [0.2, 0.25) is 0 Å². The Kier molecular flexibility index (Phi) is 3.42. The molecule has 21 heavy (non-hydrogen) atoms. The number of fused-ring (bicyclic) bond motifs is 1. The number of benzene rings is 2. The molecule has 2 aromatic rings. The van der Waals surface area contributed by atoms with Gasteiger partial charge < -0.3 is 14.3 Å². The van der Waals surface area contributed by atoms with E-state index >= 15 is 0 Å². The molecule has 0 bridgehead atoms. The molecule has 108 valence electrons. The zero-order chi connectivity index (χ0) is 14.9. The van der Waals surface area contributed by atoms with Crippen molar-refractivity contribution in [1.29, 1.82) is 0 Å². The van der Waals surface area contributed by atoms with Crippen molar-refractivity contribution in [3.8, 4) is 11.5 Å². The summed E-state index contributed by atoms with van der Waals surface area (Å²) in [6.45, 7) is 4.26. The van der Waals surface area contributed by atoms with Crippen molar-refractivity contribution in [2.24, 2.45) is 0 Å². The zero-order valence-electron chi connectivity index (χ0n) is 12.3. The average Bonchev–Trinajstić information content (AvgIpc) is 2.94. The molecule has 0 saturated heterocycles. The lowest BCUT2D eigenvalue weighted by Crippen LogP contribution is -2.26. The van der Waals surface area contributed by atoms with Crippen molar-refractivity contribution in [2.75, 3.05) is 6.79 Å². The van der Waals surface area contributed by atoms with E-state index in [-0.39, 0.29) is 6.79 Å². The van der Waals surface area contributed by atoms with E-state index in [0.29, 0.717) is 12.2 Å². The molecular formula is C18H18O3. The second kappa shape index (κ2) is 5.24. The van der Waals surface area contributed by atoms with E-state index in [2.05, 4.69) is 25.1 Å². The molecular weight excluding hydrogens is 264 g/mol. The fraction of sp³-hybridized carbons (Fsp3) is 0.278. The summed E-state index contributed by atoms with van der Waals surface area (Å²) in [6.07, 6.45) is 1.69. The van der Waals surface area contributed by atoms with Crippen LogP contribution in [0.4, 0.5) is 0 Å². The summed E-state index contributed by atoms with van der Waals surface area (Å²) in [5.41, 5.74) is 2.73. The van der Waals surface area contributed by atoms with Crippen LogP contribution in [-0.2, 0) is 16.6 Å². The van der Waals surface area contributed by atoms with Gasteiger partial charge in [-0.2, -0.15) is 0 Å². The number of carbonyl (C=O) groups is 1. The number of rotatable bonds is 4. The Morgan fingerprint density at radius 1 is 1.14 bits per heavy atom. The normalized spacial score (nSPS) is 15.5. The zero-order valence-corrected chi connectivity index (χ0v) is 12.3. The molecule has 1 aliphatic heterocycles. The molecule has 3 rings (SSSR count). The fourth-order valence-corrected chi connectivity index (χ4v) is 2.71. The van der Waals surface area contributed by atoms with Crippen LogP contribution in [0.15, 0.2) is 42.5 Å². The highest BCUT2D eigenvalue weighted by Gasteiger charge is 2.28. The lowest BCUT2D eigenvalue weighted by molar-refractivity contribution is -0.112. The molecule has 0 radical (unpaired) electrons. The van der Waals surface area contributed by atoms with Crippen LogP contribution >= 0.6 is 0 Å². The quantitative estimate of drug-likeness (QED) is 0.806. The minimum Gasteiger partial charge on any atom is -0.454 e. The monoisotopic (exact) mass is 282 g/mol. The first kappa shape index (κ1) is 13.7. The summed E-state index contributed by atoms with van der Waals surface area (Å²) >= 11 is 0. The van der Waals surface area contributed by atoms with Gasteiger partial charge in [-0.1, -0.05) is 35.9 Å². The number of hydrogen-bond donors (Lipinski definition) is 0. The van der Waals surface area contributed by atoms with Crippen LogP contribution in [0, 0.1) is 6.92 Å². The van der Waals surface area contributed by atoms with Gasteiger partial charge >= 0.3 is 0 Å². The van der Waals surface area contributed by atoms with E-state index in [1.165, 1.54) is 5.56 Å². The first-order chi connectivity index (χ1) is 10.1. The molecule has 1 atom stereocenters. The molecule has 0 saturated carbocycles. The Balaban J connectivity index is 1.94. The standard InChI is InChI=1S/C18H18O3/c1-13-4-3-5-14(8-13)10-18(2,11-19)15-6-7-16-17(9-15)21-12-20-16/h3-9,11H,10,12H2,1-2H3. The molecule has 0 spiro atoms. The van der Waals surface area contributed by atoms with Crippen molar-refractivity contribution in [3.63, 3.8) is 0 Å². The van der Waals surface area contributed by atoms with Gasteiger partial charge in [0.15, 0.2) is 11.5 Å². The Labute approximate surface area is 124 Å². The van der Waals surface area contributed by atoms with E-state index in [4.69, 9.17) is 9.47 Å². The molecule has 3 heteroatoms. The van der Waals surface area contributed by atoms with E-state index in [0.717, 1.165) is 23.2 Å². The van der Waals surface area contributed by atoms with Gasteiger partial charge in [0.2, 0.25) is 6.79 Å². The van der Waals surface area contributed by atoms with Crippen LogP contribution < -0.4 is 9.47 Å². The predicted octanol–water partition coefficient (Wildman–Crippen LogP) is 3.42. The van der Waals surface area contributed by atoms with Gasteiger partial charge in [-0.15, -0.1) is 0 Å². The number of aryl methyl sites for hydroxylation is 1. The maximum absolute atomic E-state index is 11.7. The third-order valence-electron chi connectivity index (χ3n) is 3.95. The SMILES string of the molecule is Cc1cccc(CC(C)(C=O)c2ccc3c(c2)OCO3)c1. The van der Waals surface area contributed by atoms with Crippen LogP contribution in [0.3, 0.4) is 0 Å². The lowest BCUT2D eigenvalue weighted by atomic mass is 9.78. The molecule has 3 nitrogen and oxygen atoms in total. The van der Waals surface area contributed by atoms with Crippen LogP contribution in [0.5, 0.6) is 11.5 Å².